The van der Waals surface area contributed by atoms with Crippen LogP contribution in [-0.2, 0) is 4.79 Å². The van der Waals surface area contributed by atoms with Crippen LogP contribution in [0.4, 0.5) is 11.4 Å². The highest BCUT2D eigenvalue weighted by Crippen LogP contribution is 2.19. The Labute approximate surface area is 192 Å². The Morgan fingerprint density at radius 3 is 2.36 bits per heavy atom. The smallest absolute Gasteiger partial charge is 0.272 e. The molecule has 0 heterocycles. The summed E-state index contributed by atoms with van der Waals surface area (Å²) in [5.41, 5.74) is -0.0919. The Bertz CT molecular complexity index is 1290. The minimum atomic E-state index is -1.43. The number of carbonyl (C=O) groups is 3. The first-order valence-corrected chi connectivity index (χ1v) is 9.77. The van der Waals surface area contributed by atoms with E-state index in [4.69, 9.17) is 11.6 Å². The van der Waals surface area contributed by atoms with Crippen LogP contribution in [0.25, 0.3) is 6.08 Å². The number of non-ortho nitro benzene ring substituents is 1. The summed E-state index contributed by atoms with van der Waals surface area (Å²) in [6.45, 7) is 0. The molecule has 9 nitrogen and oxygen atoms in total. The lowest BCUT2D eigenvalue weighted by Crippen LogP contribution is -2.31. The molecule has 0 aliphatic heterocycles. The van der Waals surface area contributed by atoms with Crippen molar-refractivity contribution in [3.8, 4) is 0 Å². The highest BCUT2D eigenvalue weighted by Gasteiger charge is 2.17. The Balaban J connectivity index is 1.96. The van der Waals surface area contributed by atoms with Crippen molar-refractivity contribution < 1.29 is 24.4 Å². The molecule has 0 spiro atoms. The van der Waals surface area contributed by atoms with Gasteiger partial charge in [0.2, 0.25) is 0 Å². The molecule has 166 valence electrons. The monoisotopic (exact) mass is 464 g/mol. The third kappa shape index (κ3) is 6.02. The lowest BCUT2D eigenvalue weighted by atomic mass is 10.1. The maximum atomic E-state index is 12.9. The molecular formula is C23H15ClN3O6-. The Kier molecular flexibility index (Phi) is 7.17. The maximum absolute atomic E-state index is 12.9. The molecule has 3 aromatic rings. The van der Waals surface area contributed by atoms with Crippen molar-refractivity contribution in [1.29, 1.82) is 0 Å². The molecule has 0 fully saturated rings. The van der Waals surface area contributed by atoms with Gasteiger partial charge in [-0.25, -0.2) is 0 Å². The Hall–Kier alpha value is -4.50. The first-order chi connectivity index (χ1) is 15.7. The number of rotatable bonds is 7. The number of hydrogen-bond donors (Lipinski definition) is 2. The second-order valence-electron chi connectivity index (χ2n) is 6.67. The van der Waals surface area contributed by atoms with Crippen molar-refractivity contribution in [3.05, 3.63) is 110 Å². The van der Waals surface area contributed by atoms with Crippen LogP contribution in [0.5, 0.6) is 0 Å². The van der Waals surface area contributed by atoms with E-state index in [1.54, 1.807) is 12.1 Å². The van der Waals surface area contributed by atoms with E-state index >= 15 is 0 Å². The molecule has 10 heteroatoms. The van der Waals surface area contributed by atoms with Crippen molar-refractivity contribution in [2.45, 2.75) is 0 Å². The van der Waals surface area contributed by atoms with Crippen LogP contribution in [0.1, 0.15) is 26.3 Å². The lowest BCUT2D eigenvalue weighted by molar-refractivity contribution is -0.384. The van der Waals surface area contributed by atoms with Gasteiger partial charge >= 0.3 is 0 Å². The van der Waals surface area contributed by atoms with Gasteiger partial charge in [0.05, 0.1) is 21.5 Å². The molecule has 2 amide bonds. The minimum absolute atomic E-state index is 0.107. The van der Waals surface area contributed by atoms with Gasteiger partial charge in [-0.2, -0.15) is 0 Å². The molecule has 2 N–H and O–H groups in total. The van der Waals surface area contributed by atoms with E-state index in [-0.39, 0.29) is 38.8 Å². The predicted octanol–water partition coefficient (Wildman–Crippen LogP) is 3.02. The fraction of sp³-hybridized carbons (Fsp3) is 0. The van der Waals surface area contributed by atoms with Crippen LogP contribution < -0.4 is 15.7 Å². The van der Waals surface area contributed by atoms with E-state index in [0.717, 1.165) is 0 Å². The van der Waals surface area contributed by atoms with Gasteiger partial charge in [0.15, 0.2) is 0 Å². The van der Waals surface area contributed by atoms with E-state index in [2.05, 4.69) is 10.6 Å². The van der Waals surface area contributed by atoms with Crippen LogP contribution in [0, 0.1) is 10.1 Å². The number of nitro benzene ring substituents is 1. The average molecular weight is 465 g/mol. The molecule has 33 heavy (non-hydrogen) atoms. The maximum Gasteiger partial charge on any atom is 0.272 e. The number of carboxylic acid groups (broad SMARTS) is 1. The van der Waals surface area contributed by atoms with Gasteiger partial charge in [0.25, 0.3) is 17.5 Å². The van der Waals surface area contributed by atoms with Crippen LogP contribution in [0.15, 0.2) is 78.5 Å². The zero-order valence-electron chi connectivity index (χ0n) is 16.8. The predicted molar refractivity (Wildman–Crippen MR) is 119 cm³/mol. The number of nitrogens with one attached hydrogen (secondary N) is 2. The fourth-order valence-corrected chi connectivity index (χ4v) is 3.03. The van der Waals surface area contributed by atoms with Crippen LogP contribution in [0.3, 0.4) is 0 Å². The van der Waals surface area contributed by atoms with Gasteiger partial charge in [-0.15, -0.1) is 0 Å². The summed E-state index contributed by atoms with van der Waals surface area (Å²) < 4.78 is 0. The zero-order valence-corrected chi connectivity index (χ0v) is 17.5. The number of benzene rings is 3. The van der Waals surface area contributed by atoms with Crippen LogP contribution >= 0.6 is 11.6 Å². The van der Waals surface area contributed by atoms with E-state index in [9.17, 15) is 29.6 Å². The number of halogens is 1. The molecule has 3 rings (SSSR count). The van der Waals surface area contributed by atoms with Crippen LogP contribution in [0.2, 0.25) is 5.02 Å². The van der Waals surface area contributed by atoms with Crippen molar-refractivity contribution >= 4 is 46.8 Å². The first kappa shape index (κ1) is 23.2. The zero-order chi connectivity index (χ0) is 24.0. The van der Waals surface area contributed by atoms with Gasteiger partial charge in [0, 0.05) is 17.8 Å². The lowest BCUT2D eigenvalue weighted by Gasteiger charge is -2.13. The highest BCUT2D eigenvalue weighted by molar-refractivity contribution is 6.34. The van der Waals surface area contributed by atoms with Crippen molar-refractivity contribution in [2.24, 2.45) is 0 Å². The van der Waals surface area contributed by atoms with E-state index in [1.165, 1.54) is 66.7 Å². The topological polar surface area (TPSA) is 141 Å². The van der Waals surface area contributed by atoms with Gasteiger partial charge < -0.3 is 20.5 Å². The molecule has 0 aromatic heterocycles. The summed E-state index contributed by atoms with van der Waals surface area (Å²) in [6.07, 6.45) is 1.25. The number of nitrogens with zero attached hydrogens (tertiary/aromatic N) is 1. The quantitative estimate of drug-likeness (QED) is 0.312. The summed E-state index contributed by atoms with van der Waals surface area (Å²) in [5.74, 6) is -2.90. The van der Waals surface area contributed by atoms with Gasteiger partial charge in [-0.1, -0.05) is 48.0 Å². The Morgan fingerprint density at radius 1 is 0.939 bits per heavy atom. The third-order valence-electron chi connectivity index (χ3n) is 4.36. The number of aromatic carboxylic acids is 1. The van der Waals surface area contributed by atoms with Gasteiger partial charge in [-0.3, -0.25) is 19.7 Å². The number of nitro groups is 1. The number of amides is 2. The molecule has 0 saturated carbocycles. The van der Waals surface area contributed by atoms with E-state index in [1.807, 2.05) is 0 Å². The number of carboxylic acids is 1. The molecule has 0 aliphatic rings. The van der Waals surface area contributed by atoms with Gasteiger partial charge in [0.1, 0.15) is 5.70 Å². The van der Waals surface area contributed by atoms with Crippen molar-refractivity contribution in [1.82, 2.24) is 5.32 Å². The molecule has 0 unspecified atom stereocenters. The normalized spacial score (nSPS) is 10.9. The second kappa shape index (κ2) is 10.2. The molecule has 0 aliphatic carbocycles. The second-order valence-corrected chi connectivity index (χ2v) is 7.07. The third-order valence-corrected chi connectivity index (χ3v) is 4.69. The largest absolute Gasteiger partial charge is 0.545 e. The molecule has 0 atom stereocenters. The van der Waals surface area contributed by atoms with E-state index in [0.29, 0.717) is 0 Å². The first-order valence-electron chi connectivity index (χ1n) is 9.39. The average Bonchev–Trinajstić information content (AvgIpc) is 2.79. The summed E-state index contributed by atoms with van der Waals surface area (Å²) in [6, 6.07) is 17.0. The minimum Gasteiger partial charge on any atom is -0.545 e. The summed E-state index contributed by atoms with van der Waals surface area (Å²) in [5, 5.41) is 27.2. The van der Waals surface area contributed by atoms with Gasteiger partial charge in [-0.05, 0) is 41.5 Å². The summed E-state index contributed by atoms with van der Waals surface area (Å²) >= 11 is 6.06. The van der Waals surface area contributed by atoms with Crippen molar-refractivity contribution in [3.63, 3.8) is 0 Å². The van der Waals surface area contributed by atoms with Crippen molar-refractivity contribution in [2.75, 3.05) is 5.32 Å². The highest BCUT2D eigenvalue weighted by atomic mass is 35.5. The fourth-order valence-electron chi connectivity index (χ4n) is 2.81. The molecule has 0 saturated heterocycles. The standard InChI is InChI=1S/C23H16ClN3O6/c24-19-10-2-1-9-18(19)21(28)26-20(12-14-5-3-8-17(11-14)27(32)33)22(29)25-16-7-4-6-15(13-16)23(30)31/h1-13H,(H,25,29)(H,26,28)(H,30,31)/p-1. The number of anilines is 1. The van der Waals surface area contributed by atoms with E-state index < -0.39 is 22.7 Å². The van der Waals surface area contributed by atoms with Crippen LogP contribution in [-0.4, -0.2) is 22.7 Å². The molecular weight excluding hydrogens is 450 g/mol. The number of hydrogen-bond acceptors (Lipinski definition) is 6. The molecule has 0 bridgehead atoms. The SMILES string of the molecule is O=C(Nc1cccc(C(=O)[O-])c1)C(=Cc1cccc([N+](=O)[O-])c1)NC(=O)c1ccccc1Cl. The molecule has 0 radical (unpaired) electrons. The molecule has 3 aromatic carbocycles. The number of carbonyl (C=O) groups excluding carboxylic acids is 3. The summed E-state index contributed by atoms with van der Waals surface area (Å²) in [7, 11) is 0. The Morgan fingerprint density at radius 2 is 1.67 bits per heavy atom. The summed E-state index contributed by atoms with van der Waals surface area (Å²) in [4.78, 5) is 47.2.